The van der Waals surface area contributed by atoms with Gasteiger partial charge in [0.15, 0.2) is 0 Å². The molecule has 0 spiro atoms. The van der Waals surface area contributed by atoms with E-state index in [9.17, 15) is 14.4 Å². The van der Waals surface area contributed by atoms with Crippen molar-refractivity contribution < 1.29 is 19.1 Å². The zero-order chi connectivity index (χ0) is 21.3. The van der Waals surface area contributed by atoms with E-state index in [-0.39, 0.29) is 31.3 Å². The van der Waals surface area contributed by atoms with Gasteiger partial charge in [0.25, 0.3) is 5.91 Å². The molecule has 7 nitrogen and oxygen atoms in total. The fraction of sp³-hybridized carbons (Fsp3) is 0.318. The third kappa shape index (κ3) is 8.04. The summed E-state index contributed by atoms with van der Waals surface area (Å²) in [5.41, 5.74) is 1.38. The molecule has 0 aliphatic carbocycles. The van der Waals surface area contributed by atoms with Gasteiger partial charge >= 0.3 is 6.09 Å². The van der Waals surface area contributed by atoms with Crippen molar-refractivity contribution in [1.82, 2.24) is 10.6 Å². The molecule has 0 saturated heterocycles. The number of hydrogen-bond donors (Lipinski definition) is 3. The number of alkyl carbamates (subject to hydrolysis) is 1. The van der Waals surface area contributed by atoms with Gasteiger partial charge in [-0.3, -0.25) is 9.59 Å². The molecule has 3 amide bonds. The Labute approximate surface area is 170 Å². The number of anilines is 1. The molecule has 0 heterocycles. The normalized spacial score (nSPS) is 10.7. The Bertz CT molecular complexity index is 845. The Hall–Kier alpha value is -3.35. The topological polar surface area (TPSA) is 96.5 Å². The van der Waals surface area contributed by atoms with Crippen LogP contribution in [0.1, 0.15) is 43.1 Å². The molecule has 7 heteroatoms. The van der Waals surface area contributed by atoms with Crippen LogP contribution in [0.4, 0.5) is 10.5 Å². The van der Waals surface area contributed by atoms with Gasteiger partial charge in [-0.2, -0.15) is 0 Å². The van der Waals surface area contributed by atoms with Gasteiger partial charge in [0, 0.05) is 30.8 Å². The second kappa shape index (κ2) is 10.3. The summed E-state index contributed by atoms with van der Waals surface area (Å²) < 4.78 is 5.13. The SMILES string of the molecule is CC(C)(C)OC(=O)NCCC(=O)Nc1ccccc1CNC(=O)c1ccccc1. The molecule has 154 valence electrons. The number of rotatable bonds is 7. The number of carbonyl (C=O) groups is 3. The molecule has 2 aromatic rings. The average molecular weight is 397 g/mol. The lowest BCUT2D eigenvalue weighted by atomic mass is 10.1. The van der Waals surface area contributed by atoms with Crippen LogP contribution in [0.5, 0.6) is 0 Å². The minimum Gasteiger partial charge on any atom is -0.444 e. The van der Waals surface area contributed by atoms with Crippen LogP contribution >= 0.6 is 0 Å². The van der Waals surface area contributed by atoms with E-state index >= 15 is 0 Å². The van der Waals surface area contributed by atoms with Crippen molar-refractivity contribution >= 4 is 23.6 Å². The van der Waals surface area contributed by atoms with E-state index in [1.54, 1.807) is 57.2 Å². The highest BCUT2D eigenvalue weighted by atomic mass is 16.6. The van der Waals surface area contributed by atoms with Crippen LogP contribution in [0.25, 0.3) is 0 Å². The standard InChI is InChI=1S/C22H27N3O4/c1-22(2,3)29-21(28)23-14-13-19(26)25-18-12-8-7-11-17(18)15-24-20(27)16-9-5-4-6-10-16/h4-12H,13-15H2,1-3H3,(H,23,28)(H,24,27)(H,25,26). The molecule has 0 radical (unpaired) electrons. The predicted octanol–water partition coefficient (Wildman–Crippen LogP) is 3.47. The molecule has 0 atom stereocenters. The van der Waals surface area contributed by atoms with Crippen LogP contribution < -0.4 is 16.0 Å². The van der Waals surface area contributed by atoms with Crippen LogP contribution in [-0.4, -0.2) is 30.1 Å². The number of benzene rings is 2. The van der Waals surface area contributed by atoms with Gasteiger partial charge in [-0.15, -0.1) is 0 Å². The Balaban J connectivity index is 1.84. The lowest BCUT2D eigenvalue weighted by molar-refractivity contribution is -0.116. The molecule has 0 aromatic heterocycles. The van der Waals surface area contributed by atoms with Gasteiger partial charge < -0.3 is 20.7 Å². The largest absolute Gasteiger partial charge is 0.444 e. The maximum Gasteiger partial charge on any atom is 0.407 e. The first-order valence-electron chi connectivity index (χ1n) is 9.42. The highest BCUT2D eigenvalue weighted by Crippen LogP contribution is 2.15. The van der Waals surface area contributed by atoms with E-state index < -0.39 is 11.7 Å². The zero-order valence-electron chi connectivity index (χ0n) is 17.0. The first-order chi connectivity index (χ1) is 13.7. The van der Waals surface area contributed by atoms with Crippen LogP contribution in [0, 0.1) is 0 Å². The molecule has 0 fully saturated rings. The number of hydrogen-bond acceptors (Lipinski definition) is 4. The Morgan fingerprint density at radius 3 is 2.24 bits per heavy atom. The van der Waals surface area contributed by atoms with Gasteiger partial charge in [0.05, 0.1) is 0 Å². The molecule has 0 saturated carbocycles. The summed E-state index contributed by atoms with van der Waals surface area (Å²) in [5.74, 6) is -0.434. The number of para-hydroxylation sites is 1. The molecular weight excluding hydrogens is 370 g/mol. The number of ether oxygens (including phenoxy) is 1. The van der Waals surface area contributed by atoms with Crippen molar-refractivity contribution in [3.8, 4) is 0 Å². The fourth-order valence-corrected chi connectivity index (χ4v) is 2.47. The molecule has 0 aliphatic rings. The van der Waals surface area contributed by atoms with Crippen molar-refractivity contribution in [2.24, 2.45) is 0 Å². The third-order valence-corrected chi connectivity index (χ3v) is 3.79. The van der Waals surface area contributed by atoms with Crippen molar-refractivity contribution in [1.29, 1.82) is 0 Å². The maximum atomic E-state index is 12.2. The van der Waals surface area contributed by atoms with E-state index in [1.807, 2.05) is 18.2 Å². The van der Waals surface area contributed by atoms with Gasteiger partial charge in [-0.05, 0) is 44.5 Å². The third-order valence-electron chi connectivity index (χ3n) is 3.79. The van der Waals surface area contributed by atoms with E-state index in [0.717, 1.165) is 5.56 Å². The second-order valence-corrected chi connectivity index (χ2v) is 7.43. The van der Waals surface area contributed by atoms with Gasteiger partial charge in [-0.1, -0.05) is 36.4 Å². The summed E-state index contributed by atoms with van der Waals surface area (Å²) in [7, 11) is 0. The van der Waals surface area contributed by atoms with Gasteiger partial charge in [-0.25, -0.2) is 4.79 Å². The quantitative estimate of drug-likeness (QED) is 0.666. The summed E-state index contributed by atoms with van der Waals surface area (Å²) in [6.45, 7) is 5.75. The van der Waals surface area contributed by atoms with Crippen LogP contribution in [-0.2, 0) is 16.1 Å². The van der Waals surface area contributed by atoms with Crippen molar-refractivity contribution in [3.63, 3.8) is 0 Å². The zero-order valence-corrected chi connectivity index (χ0v) is 17.0. The van der Waals surface area contributed by atoms with E-state index in [4.69, 9.17) is 4.74 Å². The summed E-state index contributed by atoms with van der Waals surface area (Å²) in [6.07, 6.45) is -0.460. The highest BCUT2D eigenvalue weighted by molar-refractivity contribution is 5.94. The van der Waals surface area contributed by atoms with E-state index in [2.05, 4.69) is 16.0 Å². The molecular formula is C22H27N3O4. The smallest absolute Gasteiger partial charge is 0.407 e. The van der Waals surface area contributed by atoms with Crippen LogP contribution in [0.3, 0.4) is 0 Å². The number of carbonyl (C=O) groups excluding carboxylic acids is 3. The lowest BCUT2D eigenvalue weighted by Gasteiger charge is -2.19. The molecule has 2 rings (SSSR count). The molecule has 2 aromatic carbocycles. The fourth-order valence-electron chi connectivity index (χ4n) is 2.47. The maximum absolute atomic E-state index is 12.2. The van der Waals surface area contributed by atoms with Crippen molar-refractivity contribution in [2.75, 3.05) is 11.9 Å². The summed E-state index contributed by atoms with van der Waals surface area (Å²) >= 11 is 0. The lowest BCUT2D eigenvalue weighted by Crippen LogP contribution is -2.34. The predicted molar refractivity (Wildman–Crippen MR) is 112 cm³/mol. The average Bonchev–Trinajstić information content (AvgIpc) is 2.66. The Kier molecular flexibility index (Phi) is 7.77. The van der Waals surface area contributed by atoms with Gasteiger partial charge in [0.1, 0.15) is 5.60 Å². The van der Waals surface area contributed by atoms with E-state index in [1.165, 1.54) is 0 Å². The monoisotopic (exact) mass is 397 g/mol. The number of amides is 3. The van der Waals surface area contributed by atoms with Crippen LogP contribution in [0.15, 0.2) is 54.6 Å². The van der Waals surface area contributed by atoms with Crippen LogP contribution in [0.2, 0.25) is 0 Å². The molecule has 29 heavy (non-hydrogen) atoms. The summed E-state index contributed by atoms with van der Waals surface area (Å²) in [6, 6.07) is 16.2. The van der Waals surface area contributed by atoms with Crippen molar-refractivity contribution in [2.45, 2.75) is 39.3 Å². The first-order valence-corrected chi connectivity index (χ1v) is 9.42. The van der Waals surface area contributed by atoms with E-state index in [0.29, 0.717) is 11.3 Å². The summed E-state index contributed by atoms with van der Waals surface area (Å²) in [4.78, 5) is 36.0. The Morgan fingerprint density at radius 1 is 0.897 bits per heavy atom. The second-order valence-electron chi connectivity index (χ2n) is 7.43. The molecule has 0 aliphatic heterocycles. The first kappa shape index (κ1) is 21.9. The Morgan fingerprint density at radius 2 is 1.55 bits per heavy atom. The summed E-state index contributed by atoms with van der Waals surface area (Å²) in [5, 5.41) is 8.21. The number of nitrogens with one attached hydrogen (secondary N) is 3. The highest BCUT2D eigenvalue weighted by Gasteiger charge is 2.16. The molecule has 0 unspecified atom stereocenters. The van der Waals surface area contributed by atoms with Gasteiger partial charge in [0.2, 0.25) is 5.91 Å². The van der Waals surface area contributed by atoms with Crippen molar-refractivity contribution in [3.05, 3.63) is 65.7 Å². The molecule has 3 N–H and O–H groups in total. The molecule has 0 bridgehead atoms. The minimum absolute atomic E-state index is 0.101. The minimum atomic E-state index is -0.588.